The molecule has 8 rings (SSSR count). The molecule has 0 radical (unpaired) electrons. The van der Waals surface area contributed by atoms with Crippen molar-refractivity contribution in [2.24, 2.45) is 4.99 Å². The van der Waals surface area contributed by atoms with E-state index in [1.54, 1.807) is 62.2 Å². The molecule has 0 atom stereocenters. The third-order valence-electron chi connectivity index (χ3n) is 3.46. The number of H-pyrrole nitrogens is 4. The molecule has 8 heterocycles. The minimum atomic E-state index is 0. The maximum Gasteiger partial charge on any atom is 0.180 e. The molecule has 0 amide bonds. The minimum absolute atomic E-state index is 0. The normalized spacial score (nSPS) is 8.56. The van der Waals surface area contributed by atoms with Crippen LogP contribution in [0.5, 0.6) is 0 Å². The van der Waals surface area contributed by atoms with Crippen molar-refractivity contribution in [2.75, 3.05) is 0 Å². The van der Waals surface area contributed by atoms with Crippen molar-refractivity contribution in [1.82, 2.24) is 40.1 Å². The molecule has 7 aromatic heterocycles. The number of nitrogens with zero attached hydrogens (tertiary/aromatic N) is 5. The van der Waals surface area contributed by atoms with Crippen molar-refractivity contribution in [1.29, 1.82) is 0 Å². The number of hydrogen-bond acceptors (Lipinski definition) is 8. The van der Waals surface area contributed by atoms with Gasteiger partial charge in [-0.15, -0.1) is 0 Å². The predicted molar refractivity (Wildman–Crippen MR) is 173 cm³/mol. The van der Waals surface area contributed by atoms with E-state index in [4.69, 9.17) is 0 Å². The quantitative estimate of drug-likeness (QED) is 0.137. The zero-order chi connectivity index (χ0) is 28.3. The van der Waals surface area contributed by atoms with E-state index in [-0.39, 0.29) is 22.3 Å². The molecule has 0 aliphatic carbocycles. The van der Waals surface area contributed by atoms with E-state index in [2.05, 4.69) is 58.3 Å². The standard InChI is InChI=1S/3C4H5N.C4H4O.2C3H4N2.2C3H3NO.3CH4/c4*1-2-4-5-3-1;1-2-5-3-4-1;1-2-4-5-3-1;2*1-2-5-3-4-1;;;/h1,3-4H,2H2;2*1-5H;1-4H;2*1-3H,(H,4,5);2*1-3H;3*1H4. The molecule has 43 heavy (non-hydrogen) atoms. The number of aromatic nitrogens is 8. The van der Waals surface area contributed by atoms with Gasteiger partial charge < -0.3 is 28.2 Å². The van der Waals surface area contributed by atoms with Crippen molar-refractivity contribution in [3.8, 4) is 0 Å². The van der Waals surface area contributed by atoms with Gasteiger partial charge in [0, 0.05) is 68.4 Å². The number of furan rings is 1. The number of aromatic amines is 4. The molecular formula is C31H45N9O3. The van der Waals surface area contributed by atoms with Gasteiger partial charge in [-0.05, 0) is 42.5 Å². The van der Waals surface area contributed by atoms with Crippen LogP contribution in [0.4, 0.5) is 0 Å². The van der Waals surface area contributed by atoms with Crippen LogP contribution in [0.3, 0.4) is 0 Å². The van der Waals surface area contributed by atoms with Crippen LogP contribution in [0.25, 0.3) is 0 Å². The van der Waals surface area contributed by atoms with Gasteiger partial charge in [0.05, 0.1) is 31.2 Å². The van der Waals surface area contributed by atoms with Crippen LogP contribution in [0.1, 0.15) is 28.7 Å². The van der Waals surface area contributed by atoms with Gasteiger partial charge in [-0.3, -0.25) is 10.1 Å². The van der Waals surface area contributed by atoms with Crippen LogP contribution < -0.4 is 0 Å². The molecule has 232 valence electrons. The van der Waals surface area contributed by atoms with Crippen molar-refractivity contribution in [2.45, 2.75) is 28.7 Å². The maximum atomic E-state index is 4.58. The Balaban J connectivity index is -0.000000421. The SMILES string of the molecule is C.C.C.C1=CN=CC1.c1c[nH]cn1.c1cc[nH]c1.c1cc[nH]c1.c1ccoc1.c1cn[nH]c1.c1cocn1.c1cocn1. The smallest absolute Gasteiger partial charge is 0.180 e. The third kappa shape index (κ3) is 36.1. The molecule has 7 aromatic rings. The third-order valence-corrected chi connectivity index (χ3v) is 3.46. The summed E-state index contributed by atoms with van der Waals surface area (Å²) in [4.78, 5) is 23.0. The first-order chi connectivity index (χ1) is 20.0. The van der Waals surface area contributed by atoms with E-state index in [0.717, 1.165) is 6.42 Å². The highest BCUT2D eigenvalue weighted by Crippen LogP contribution is 1.86. The Morgan fingerprint density at radius 2 is 1.12 bits per heavy atom. The summed E-state index contributed by atoms with van der Waals surface area (Å²) in [6, 6.07) is 13.3. The Morgan fingerprint density at radius 3 is 1.26 bits per heavy atom. The zero-order valence-electron chi connectivity index (χ0n) is 21.8. The summed E-state index contributed by atoms with van der Waals surface area (Å²) in [5.74, 6) is 0. The summed E-state index contributed by atoms with van der Waals surface area (Å²) in [7, 11) is 0. The van der Waals surface area contributed by atoms with Gasteiger partial charge in [-0.2, -0.15) is 5.10 Å². The topological polar surface area (TPSA) is 166 Å². The van der Waals surface area contributed by atoms with Gasteiger partial charge in [0.15, 0.2) is 12.8 Å². The highest BCUT2D eigenvalue weighted by Gasteiger charge is 1.73. The molecule has 0 unspecified atom stereocenters. The molecule has 0 fully saturated rings. The van der Waals surface area contributed by atoms with Crippen LogP contribution in [0.2, 0.25) is 0 Å². The van der Waals surface area contributed by atoms with Crippen molar-refractivity contribution in [3.05, 3.63) is 161 Å². The fourth-order valence-electron chi connectivity index (χ4n) is 1.87. The second-order valence-corrected chi connectivity index (χ2v) is 6.39. The molecule has 0 bridgehead atoms. The first kappa shape index (κ1) is 41.6. The molecular weight excluding hydrogens is 546 g/mol. The summed E-state index contributed by atoms with van der Waals surface area (Å²) in [5, 5.41) is 6.21. The lowest BCUT2D eigenvalue weighted by molar-refractivity contribution is 0.557. The lowest BCUT2D eigenvalue weighted by atomic mass is 10.5. The summed E-state index contributed by atoms with van der Waals surface area (Å²) >= 11 is 0. The largest absolute Gasteiger partial charge is 0.473 e. The summed E-state index contributed by atoms with van der Waals surface area (Å²) in [5.41, 5.74) is 0. The van der Waals surface area contributed by atoms with Crippen LogP contribution in [0.15, 0.2) is 179 Å². The molecule has 4 N–H and O–H groups in total. The second kappa shape index (κ2) is 38.2. The Labute approximate surface area is 254 Å². The van der Waals surface area contributed by atoms with Gasteiger partial charge in [0.2, 0.25) is 0 Å². The first-order valence-electron chi connectivity index (χ1n) is 11.8. The number of nitrogens with one attached hydrogen (secondary N) is 4. The molecule has 0 aromatic carbocycles. The zero-order valence-corrected chi connectivity index (χ0v) is 21.8. The number of rotatable bonds is 0. The van der Waals surface area contributed by atoms with Gasteiger partial charge in [0.25, 0.3) is 0 Å². The minimum Gasteiger partial charge on any atom is -0.473 e. The van der Waals surface area contributed by atoms with E-state index in [1.165, 1.54) is 25.3 Å². The fraction of sp³-hybridized carbons (Fsp3) is 0.129. The van der Waals surface area contributed by atoms with Crippen LogP contribution in [-0.2, 0) is 0 Å². The van der Waals surface area contributed by atoms with E-state index in [9.17, 15) is 0 Å². The van der Waals surface area contributed by atoms with Gasteiger partial charge in [0.1, 0.15) is 12.5 Å². The highest BCUT2D eigenvalue weighted by molar-refractivity contribution is 5.62. The summed E-state index contributed by atoms with van der Waals surface area (Å²) < 4.78 is 13.5. The molecule has 12 nitrogen and oxygen atoms in total. The van der Waals surface area contributed by atoms with Crippen molar-refractivity contribution in [3.63, 3.8) is 0 Å². The molecule has 1 aliphatic heterocycles. The van der Waals surface area contributed by atoms with Gasteiger partial charge >= 0.3 is 0 Å². The van der Waals surface area contributed by atoms with Crippen LogP contribution in [0, 0.1) is 0 Å². The Hall–Kier alpha value is -5.91. The van der Waals surface area contributed by atoms with Crippen molar-refractivity contribution < 1.29 is 13.3 Å². The first-order valence-corrected chi connectivity index (χ1v) is 11.8. The number of hydrogen-bond donors (Lipinski definition) is 4. The van der Waals surface area contributed by atoms with E-state index < -0.39 is 0 Å². The lowest BCUT2D eigenvalue weighted by Gasteiger charge is -1.54. The lowest BCUT2D eigenvalue weighted by Crippen LogP contribution is -1.53. The fourth-order valence-corrected chi connectivity index (χ4v) is 1.87. The molecule has 12 heteroatoms. The number of aliphatic imine (C=N–C) groups is 1. The molecule has 1 aliphatic rings. The number of allylic oxidation sites excluding steroid dienone is 1. The van der Waals surface area contributed by atoms with Gasteiger partial charge in [-0.25, -0.2) is 15.0 Å². The second-order valence-electron chi connectivity index (χ2n) is 6.39. The van der Waals surface area contributed by atoms with E-state index in [1.807, 2.05) is 79.5 Å². The van der Waals surface area contributed by atoms with Crippen LogP contribution in [-0.4, -0.2) is 46.3 Å². The molecule has 0 saturated heterocycles. The number of oxazole rings is 2. The Bertz CT molecular complexity index is 859. The Morgan fingerprint density at radius 1 is 0.512 bits per heavy atom. The predicted octanol–water partition coefficient (Wildman–Crippen LogP) is 8.36. The van der Waals surface area contributed by atoms with E-state index >= 15 is 0 Å². The monoisotopic (exact) mass is 591 g/mol. The summed E-state index contributed by atoms with van der Waals surface area (Å²) in [6.45, 7) is 0. The summed E-state index contributed by atoms with van der Waals surface area (Å²) in [6.07, 6.45) is 35.0. The maximum absolute atomic E-state index is 4.58. The van der Waals surface area contributed by atoms with Crippen LogP contribution >= 0.6 is 0 Å². The van der Waals surface area contributed by atoms with Crippen molar-refractivity contribution >= 4 is 6.21 Å². The average Bonchev–Trinajstić information content (AvgIpc) is 3.95. The van der Waals surface area contributed by atoms with E-state index in [0.29, 0.717) is 0 Å². The molecule has 0 spiro atoms. The average molecular weight is 592 g/mol. The molecule has 0 saturated carbocycles. The Kier molecular flexibility index (Phi) is 37.0. The number of imidazole rings is 1. The van der Waals surface area contributed by atoms with Gasteiger partial charge in [-0.1, -0.05) is 28.4 Å². The highest BCUT2D eigenvalue weighted by atomic mass is 16.3.